The minimum Gasteiger partial charge on any atom is -0.372 e. The van der Waals surface area contributed by atoms with E-state index in [0.29, 0.717) is 6.54 Å². The number of hydrogen-bond acceptors (Lipinski definition) is 3. The van der Waals surface area contributed by atoms with Crippen LogP contribution in [0.4, 0.5) is 11.4 Å². The monoisotopic (exact) mass is 391 g/mol. The lowest BCUT2D eigenvalue weighted by Crippen LogP contribution is -2.32. The van der Waals surface area contributed by atoms with Crippen LogP contribution in [-0.4, -0.2) is 31.4 Å². The number of hydrogen-bond donors (Lipinski definition) is 2. The Morgan fingerprint density at radius 2 is 1.72 bits per heavy atom. The van der Waals surface area contributed by atoms with Crippen LogP contribution in [-0.2, 0) is 9.59 Å². The van der Waals surface area contributed by atoms with Crippen LogP contribution in [0.2, 0.25) is 0 Å². The highest BCUT2D eigenvalue weighted by Gasteiger charge is 2.15. The van der Waals surface area contributed by atoms with Crippen LogP contribution >= 0.6 is 0 Å². The minimum absolute atomic E-state index is 0.114. The second kappa shape index (κ2) is 10.5. The largest absolute Gasteiger partial charge is 0.372 e. The standard InChI is InChI=1S/C24H29N3O2/c1-19-14-17-27(18-15-19)22-10-8-21(9-11-22)26-24(29)13-16-25-23(28)12-7-20-5-3-2-4-6-20/h2-12,19H,13-18H2,1H3,(H,25,28)(H,26,29)/b12-7+. The molecule has 2 N–H and O–H groups in total. The predicted octanol–water partition coefficient (Wildman–Crippen LogP) is 4.08. The average molecular weight is 392 g/mol. The maximum absolute atomic E-state index is 12.1. The van der Waals surface area contributed by atoms with Crippen molar-refractivity contribution in [2.24, 2.45) is 5.92 Å². The Kier molecular flexibility index (Phi) is 7.45. The third-order valence-corrected chi connectivity index (χ3v) is 5.18. The Labute approximate surface area is 172 Å². The van der Waals surface area contributed by atoms with Crippen molar-refractivity contribution >= 4 is 29.3 Å². The second-order valence-electron chi connectivity index (χ2n) is 7.55. The molecule has 1 aliphatic heterocycles. The summed E-state index contributed by atoms with van der Waals surface area (Å²) in [6.45, 7) is 4.78. The van der Waals surface area contributed by atoms with E-state index in [1.54, 1.807) is 6.08 Å². The summed E-state index contributed by atoms with van der Waals surface area (Å²) in [5, 5.41) is 5.62. The molecule has 152 valence electrons. The molecular formula is C24H29N3O2. The van der Waals surface area contributed by atoms with Gasteiger partial charge in [0.2, 0.25) is 11.8 Å². The fourth-order valence-electron chi connectivity index (χ4n) is 3.34. The van der Waals surface area contributed by atoms with Gasteiger partial charge in [-0.3, -0.25) is 9.59 Å². The molecule has 0 saturated carbocycles. The molecule has 2 amide bonds. The minimum atomic E-state index is -0.207. The molecule has 1 heterocycles. The Balaban J connectivity index is 1.38. The molecule has 1 fully saturated rings. The van der Waals surface area contributed by atoms with Gasteiger partial charge in [-0.25, -0.2) is 0 Å². The molecule has 0 spiro atoms. The summed E-state index contributed by atoms with van der Waals surface area (Å²) in [5.74, 6) is 0.484. The van der Waals surface area contributed by atoms with Gasteiger partial charge in [-0.15, -0.1) is 0 Å². The number of benzene rings is 2. The number of anilines is 2. The summed E-state index contributed by atoms with van der Waals surface area (Å²) in [6.07, 6.45) is 5.92. The first-order valence-corrected chi connectivity index (χ1v) is 10.3. The number of amides is 2. The van der Waals surface area contributed by atoms with Gasteiger partial charge in [-0.05, 0) is 54.7 Å². The Morgan fingerprint density at radius 3 is 2.41 bits per heavy atom. The molecule has 0 aliphatic carbocycles. The molecule has 1 saturated heterocycles. The average Bonchev–Trinajstić information content (AvgIpc) is 2.74. The molecule has 5 nitrogen and oxygen atoms in total. The van der Waals surface area contributed by atoms with Crippen molar-refractivity contribution in [3.05, 3.63) is 66.2 Å². The second-order valence-corrected chi connectivity index (χ2v) is 7.55. The fraction of sp³-hybridized carbons (Fsp3) is 0.333. The van der Waals surface area contributed by atoms with Crippen molar-refractivity contribution in [2.75, 3.05) is 29.9 Å². The van der Waals surface area contributed by atoms with Crippen LogP contribution in [0.15, 0.2) is 60.7 Å². The van der Waals surface area contributed by atoms with Gasteiger partial charge in [0.1, 0.15) is 0 Å². The van der Waals surface area contributed by atoms with E-state index in [1.165, 1.54) is 24.6 Å². The summed E-state index contributed by atoms with van der Waals surface area (Å²) >= 11 is 0. The molecule has 29 heavy (non-hydrogen) atoms. The lowest BCUT2D eigenvalue weighted by molar-refractivity contribution is -0.117. The van der Waals surface area contributed by atoms with Gasteiger partial charge in [0.25, 0.3) is 0 Å². The molecule has 5 heteroatoms. The van der Waals surface area contributed by atoms with Crippen LogP contribution in [0, 0.1) is 5.92 Å². The van der Waals surface area contributed by atoms with E-state index >= 15 is 0 Å². The molecule has 0 unspecified atom stereocenters. The summed E-state index contributed by atoms with van der Waals surface area (Å²) in [5.41, 5.74) is 2.94. The van der Waals surface area contributed by atoms with Gasteiger partial charge in [-0.2, -0.15) is 0 Å². The van der Waals surface area contributed by atoms with Gasteiger partial charge < -0.3 is 15.5 Å². The van der Waals surface area contributed by atoms with E-state index in [4.69, 9.17) is 0 Å². The quantitative estimate of drug-likeness (QED) is 0.699. The maximum Gasteiger partial charge on any atom is 0.244 e. The van der Waals surface area contributed by atoms with Crippen molar-refractivity contribution in [1.29, 1.82) is 0 Å². The van der Waals surface area contributed by atoms with Crippen LogP contribution in [0.5, 0.6) is 0 Å². The van der Waals surface area contributed by atoms with Gasteiger partial charge in [-0.1, -0.05) is 37.3 Å². The number of nitrogens with one attached hydrogen (secondary N) is 2. The Hall–Kier alpha value is -3.08. The predicted molar refractivity (Wildman–Crippen MR) is 119 cm³/mol. The molecular weight excluding hydrogens is 362 g/mol. The summed E-state index contributed by atoms with van der Waals surface area (Å²) < 4.78 is 0. The first kappa shape index (κ1) is 20.6. The molecule has 0 aromatic heterocycles. The number of carbonyl (C=O) groups excluding carboxylic acids is 2. The zero-order valence-electron chi connectivity index (χ0n) is 16.9. The summed E-state index contributed by atoms with van der Waals surface area (Å²) in [6, 6.07) is 17.6. The molecule has 0 bridgehead atoms. The van der Waals surface area contributed by atoms with Crippen molar-refractivity contribution < 1.29 is 9.59 Å². The first-order valence-electron chi connectivity index (χ1n) is 10.3. The zero-order valence-corrected chi connectivity index (χ0v) is 16.9. The van der Waals surface area contributed by atoms with Crippen LogP contribution < -0.4 is 15.5 Å². The van der Waals surface area contributed by atoms with Gasteiger partial charge in [0, 0.05) is 43.5 Å². The Bertz CT molecular complexity index is 823. The molecule has 0 atom stereocenters. The highest BCUT2D eigenvalue weighted by atomic mass is 16.2. The van der Waals surface area contributed by atoms with Crippen molar-refractivity contribution in [3.8, 4) is 0 Å². The first-order chi connectivity index (χ1) is 14.1. The molecule has 1 aliphatic rings. The van der Waals surface area contributed by atoms with E-state index in [1.807, 2.05) is 42.5 Å². The number of nitrogens with zero attached hydrogens (tertiary/aromatic N) is 1. The fourth-order valence-corrected chi connectivity index (χ4v) is 3.34. The molecule has 0 radical (unpaired) electrons. The van der Waals surface area contributed by atoms with Crippen LogP contribution in [0.25, 0.3) is 6.08 Å². The van der Waals surface area contributed by atoms with Crippen molar-refractivity contribution in [1.82, 2.24) is 5.32 Å². The number of rotatable bonds is 7. The lowest BCUT2D eigenvalue weighted by Gasteiger charge is -2.32. The number of carbonyl (C=O) groups is 2. The van der Waals surface area contributed by atoms with Crippen LogP contribution in [0.1, 0.15) is 31.7 Å². The Morgan fingerprint density at radius 1 is 1.03 bits per heavy atom. The van der Waals surface area contributed by atoms with E-state index in [9.17, 15) is 9.59 Å². The topological polar surface area (TPSA) is 61.4 Å². The van der Waals surface area contributed by atoms with E-state index in [0.717, 1.165) is 30.3 Å². The van der Waals surface area contributed by atoms with Gasteiger partial charge >= 0.3 is 0 Å². The van der Waals surface area contributed by atoms with Crippen LogP contribution in [0.3, 0.4) is 0 Å². The highest BCUT2D eigenvalue weighted by Crippen LogP contribution is 2.24. The third kappa shape index (κ3) is 6.79. The molecule has 2 aromatic rings. The summed E-state index contributed by atoms with van der Waals surface area (Å²) in [4.78, 5) is 26.3. The SMILES string of the molecule is CC1CCN(c2ccc(NC(=O)CCNC(=O)/C=C/c3ccccc3)cc2)CC1. The van der Waals surface area contributed by atoms with E-state index < -0.39 is 0 Å². The zero-order chi connectivity index (χ0) is 20.5. The lowest BCUT2D eigenvalue weighted by atomic mass is 9.99. The maximum atomic E-state index is 12.1. The van der Waals surface area contributed by atoms with Crippen molar-refractivity contribution in [2.45, 2.75) is 26.2 Å². The number of piperidine rings is 1. The smallest absolute Gasteiger partial charge is 0.244 e. The van der Waals surface area contributed by atoms with Crippen molar-refractivity contribution in [3.63, 3.8) is 0 Å². The molecule has 2 aromatic carbocycles. The normalized spacial score (nSPS) is 14.7. The van der Waals surface area contributed by atoms with E-state index in [2.05, 4.69) is 34.6 Å². The third-order valence-electron chi connectivity index (χ3n) is 5.18. The van der Waals surface area contributed by atoms with Gasteiger partial charge in [0.15, 0.2) is 0 Å². The highest BCUT2D eigenvalue weighted by molar-refractivity contribution is 5.93. The van der Waals surface area contributed by atoms with E-state index in [-0.39, 0.29) is 18.2 Å². The summed E-state index contributed by atoms with van der Waals surface area (Å²) in [7, 11) is 0. The molecule has 3 rings (SSSR count). The van der Waals surface area contributed by atoms with Gasteiger partial charge in [0.05, 0.1) is 0 Å².